The first-order chi connectivity index (χ1) is 5.54. The molecule has 0 radical (unpaired) electrons. The second-order valence-electron chi connectivity index (χ2n) is 3.72. The molecule has 1 heteroatoms. The summed E-state index contributed by atoms with van der Waals surface area (Å²) in [5, 5.41) is 0. The Labute approximate surface area is 75.9 Å². The predicted octanol–water partition coefficient (Wildman–Crippen LogP) is 3.35. The topological polar surface area (TPSA) is 17.1 Å². The van der Waals surface area contributed by atoms with Gasteiger partial charge in [-0.3, -0.25) is 0 Å². The van der Waals surface area contributed by atoms with Gasteiger partial charge in [0, 0.05) is 6.42 Å². The highest BCUT2D eigenvalue weighted by molar-refractivity contribution is 5.75. The van der Waals surface area contributed by atoms with Crippen molar-refractivity contribution in [1.82, 2.24) is 0 Å². The third-order valence-electron chi connectivity index (χ3n) is 2.09. The molecule has 0 amide bonds. The van der Waals surface area contributed by atoms with Gasteiger partial charge in [-0.15, -0.1) is 0 Å². The fourth-order valence-corrected chi connectivity index (χ4v) is 1.01. The van der Waals surface area contributed by atoms with E-state index in [9.17, 15) is 4.79 Å². The minimum atomic E-state index is 0.296. The van der Waals surface area contributed by atoms with Gasteiger partial charge in [-0.25, -0.2) is 0 Å². The normalized spacial score (nSPS) is 10.3. The average Bonchev–Trinajstić information content (AvgIpc) is 1.97. The Balaban J connectivity index is 3.32. The van der Waals surface area contributed by atoms with Crippen LogP contribution in [0.5, 0.6) is 0 Å². The Hall–Kier alpha value is -0.590. The molecule has 0 atom stereocenters. The number of carbonyl (C=O) groups is 1. The molecule has 0 unspecified atom stereocenters. The van der Waals surface area contributed by atoms with Crippen LogP contribution in [0.25, 0.3) is 0 Å². The van der Waals surface area contributed by atoms with E-state index in [1.165, 1.54) is 5.57 Å². The zero-order valence-corrected chi connectivity index (χ0v) is 8.52. The van der Waals surface area contributed by atoms with Crippen LogP contribution in [0, 0.1) is 5.92 Å². The summed E-state index contributed by atoms with van der Waals surface area (Å²) in [6, 6.07) is 0. The number of hydrogen-bond donors (Lipinski definition) is 0. The van der Waals surface area contributed by atoms with Gasteiger partial charge in [0.05, 0.1) is 0 Å². The minimum absolute atomic E-state index is 0.296. The highest BCUT2D eigenvalue weighted by Gasteiger charge is 2.00. The molecule has 0 aromatic heterocycles. The molecule has 0 aliphatic rings. The SMILES string of the molecule is C=C(CCCCC(C)=O)C(C)C. The highest BCUT2D eigenvalue weighted by Crippen LogP contribution is 2.15. The molecular formula is C11H20O. The maximum atomic E-state index is 10.6. The Morgan fingerprint density at radius 1 is 1.25 bits per heavy atom. The van der Waals surface area contributed by atoms with Gasteiger partial charge in [0.1, 0.15) is 5.78 Å². The van der Waals surface area contributed by atoms with Gasteiger partial charge in [0.15, 0.2) is 0 Å². The molecule has 0 heterocycles. The van der Waals surface area contributed by atoms with Crippen LogP contribution in [-0.4, -0.2) is 5.78 Å². The average molecular weight is 168 g/mol. The van der Waals surface area contributed by atoms with Crippen LogP contribution >= 0.6 is 0 Å². The van der Waals surface area contributed by atoms with Crippen LogP contribution in [-0.2, 0) is 4.79 Å². The molecule has 0 fully saturated rings. The number of Topliss-reactive ketones (excluding diaryl/α,β-unsaturated/α-hetero) is 1. The Kier molecular flexibility index (Phi) is 5.69. The first-order valence-corrected chi connectivity index (χ1v) is 4.71. The van der Waals surface area contributed by atoms with E-state index in [4.69, 9.17) is 0 Å². The number of unbranched alkanes of at least 4 members (excludes halogenated alkanes) is 1. The molecule has 0 aliphatic heterocycles. The number of hydrogen-bond acceptors (Lipinski definition) is 1. The summed E-state index contributed by atoms with van der Waals surface area (Å²) >= 11 is 0. The highest BCUT2D eigenvalue weighted by atomic mass is 16.1. The van der Waals surface area contributed by atoms with Crippen molar-refractivity contribution in [2.45, 2.75) is 46.5 Å². The molecule has 70 valence electrons. The summed E-state index contributed by atoms with van der Waals surface area (Å²) < 4.78 is 0. The third kappa shape index (κ3) is 6.14. The van der Waals surface area contributed by atoms with E-state index in [1.807, 2.05) is 0 Å². The fourth-order valence-electron chi connectivity index (χ4n) is 1.01. The lowest BCUT2D eigenvalue weighted by Crippen LogP contribution is -1.94. The molecule has 0 bridgehead atoms. The third-order valence-corrected chi connectivity index (χ3v) is 2.09. The largest absolute Gasteiger partial charge is 0.300 e. The number of rotatable bonds is 6. The van der Waals surface area contributed by atoms with E-state index in [0.717, 1.165) is 25.7 Å². The smallest absolute Gasteiger partial charge is 0.129 e. The van der Waals surface area contributed by atoms with Crippen LogP contribution in [0.2, 0.25) is 0 Å². The van der Waals surface area contributed by atoms with Crippen molar-refractivity contribution in [3.8, 4) is 0 Å². The molecule has 0 aromatic rings. The van der Waals surface area contributed by atoms with Gasteiger partial charge in [-0.1, -0.05) is 26.0 Å². The predicted molar refractivity (Wildman–Crippen MR) is 53.1 cm³/mol. The Morgan fingerprint density at radius 3 is 2.17 bits per heavy atom. The van der Waals surface area contributed by atoms with Gasteiger partial charge in [-0.2, -0.15) is 0 Å². The van der Waals surface area contributed by atoms with E-state index < -0.39 is 0 Å². The molecule has 0 saturated carbocycles. The van der Waals surface area contributed by atoms with Gasteiger partial charge >= 0.3 is 0 Å². The van der Waals surface area contributed by atoms with Gasteiger partial charge in [0.2, 0.25) is 0 Å². The summed E-state index contributed by atoms with van der Waals surface area (Å²) in [7, 11) is 0. The van der Waals surface area contributed by atoms with Gasteiger partial charge in [0.25, 0.3) is 0 Å². The maximum absolute atomic E-state index is 10.6. The molecule has 0 N–H and O–H groups in total. The van der Waals surface area contributed by atoms with Crippen LogP contribution in [0.15, 0.2) is 12.2 Å². The monoisotopic (exact) mass is 168 g/mol. The van der Waals surface area contributed by atoms with E-state index >= 15 is 0 Å². The van der Waals surface area contributed by atoms with Crippen LogP contribution < -0.4 is 0 Å². The lowest BCUT2D eigenvalue weighted by Gasteiger charge is -2.07. The van der Waals surface area contributed by atoms with E-state index in [0.29, 0.717) is 11.7 Å². The molecule has 0 spiro atoms. The summed E-state index contributed by atoms with van der Waals surface area (Å²) in [6.07, 6.45) is 3.92. The zero-order chi connectivity index (χ0) is 9.56. The minimum Gasteiger partial charge on any atom is -0.300 e. The molecule has 0 rings (SSSR count). The Morgan fingerprint density at radius 2 is 1.75 bits per heavy atom. The summed E-state index contributed by atoms with van der Waals surface area (Å²) in [5.41, 5.74) is 1.30. The summed E-state index contributed by atoms with van der Waals surface area (Å²) in [4.78, 5) is 10.6. The molecule has 1 nitrogen and oxygen atoms in total. The standard InChI is InChI=1S/C11H20O/c1-9(2)10(3)7-5-6-8-11(4)12/h9H,3,5-8H2,1-2,4H3. The molecule has 0 saturated heterocycles. The number of carbonyl (C=O) groups excluding carboxylic acids is 1. The lowest BCUT2D eigenvalue weighted by atomic mass is 9.99. The summed E-state index contributed by atoms with van der Waals surface area (Å²) in [5.74, 6) is 0.882. The van der Waals surface area contributed by atoms with Crippen molar-refractivity contribution < 1.29 is 4.79 Å². The second-order valence-corrected chi connectivity index (χ2v) is 3.72. The molecule has 12 heavy (non-hydrogen) atoms. The zero-order valence-electron chi connectivity index (χ0n) is 8.52. The molecular weight excluding hydrogens is 148 g/mol. The molecule has 0 aliphatic carbocycles. The quantitative estimate of drug-likeness (QED) is 0.439. The van der Waals surface area contributed by atoms with E-state index in [2.05, 4.69) is 20.4 Å². The molecule has 0 aromatic carbocycles. The lowest BCUT2D eigenvalue weighted by molar-refractivity contribution is -0.117. The first-order valence-electron chi connectivity index (χ1n) is 4.71. The van der Waals surface area contributed by atoms with Crippen LogP contribution in [0.3, 0.4) is 0 Å². The second kappa shape index (κ2) is 5.99. The fraction of sp³-hybridized carbons (Fsp3) is 0.727. The van der Waals surface area contributed by atoms with Crippen molar-refractivity contribution >= 4 is 5.78 Å². The van der Waals surface area contributed by atoms with Crippen LogP contribution in [0.4, 0.5) is 0 Å². The first kappa shape index (κ1) is 11.4. The number of ketones is 1. The Bertz CT molecular complexity index is 156. The van der Waals surface area contributed by atoms with E-state index in [1.54, 1.807) is 6.92 Å². The van der Waals surface area contributed by atoms with Crippen LogP contribution in [0.1, 0.15) is 46.5 Å². The van der Waals surface area contributed by atoms with Crippen molar-refractivity contribution in [2.75, 3.05) is 0 Å². The van der Waals surface area contributed by atoms with Gasteiger partial charge in [-0.05, 0) is 32.1 Å². The van der Waals surface area contributed by atoms with Crippen molar-refractivity contribution in [3.05, 3.63) is 12.2 Å². The van der Waals surface area contributed by atoms with Gasteiger partial charge < -0.3 is 4.79 Å². The van der Waals surface area contributed by atoms with E-state index in [-0.39, 0.29) is 0 Å². The van der Waals surface area contributed by atoms with Crippen molar-refractivity contribution in [3.63, 3.8) is 0 Å². The van der Waals surface area contributed by atoms with Crippen molar-refractivity contribution in [1.29, 1.82) is 0 Å². The number of allylic oxidation sites excluding steroid dienone is 1. The maximum Gasteiger partial charge on any atom is 0.129 e. The van der Waals surface area contributed by atoms with Crippen molar-refractivity contribution in [2.24, 2.45) is 5.92 Å². The summed E-state index contributed by atoms with van der Waals surface area (Å²) in [6.45, 7) is 9.96.